The number of alkyl halides is 2. The number of aliphatic hydroxyl groups excluding tert-OH is 1. The number of nitrogens with one attached hydrogen (secondary N) is 1. The number of aliphatic hydroxyl groups is 1. The van der Waals surface area contributed by atoms with E-state index in [1.165, 1.54) is 18.5 Å². The van der Waals surface area contributed by atoms with Crippen LogP contribution in [0.5, 0.6) is 0 Å². The second-order valence-corrected chi connectivity index (χ2v) is 12.8. The van der Waals surface area contributed by atoms with E-state index in [9.17, 15) is 13.9 Å². The molecule has 3 atom stereocenters. The largest absolute Gasteiger partial charge is 0.391 e. The number of aryl methyl sites for hydroxylation is 1. The standard InChI is InChI=1S/C30H38ClF2N7O/c1-16(2)40(14-18-10-25(26(41)11-18)39-7-6-20-28(34)35-15-36-29(20)39)19-8-17(9-19)4-5-27-37-23-12-21(30(3,32)33)22(31)13-24(23)38-27/h6-7,12-13,15-19,25-26,41H,4-5,8-11,14H2,1-3H3,(H,37,38)(H2,34,35,36)/t17?,18-,19?,25+,26+/m0/s1. The van der Waals surface area contributed by atoms with E-state index in [1.807, 2.05) is 12.3 Å². The Bertz CT molecular complexity index is 1540. The van der Waals surface area contributed by atoms with Crippen LogP contribution in [-0.2, 0) is 12.3 Å². The number of nitrogens with two attached hydrogens (primary N) is 1. The van der Waals surface area contributed by atoms with Gasteiger partial charge in [-0.3, -0.25) is 4.90 Å². The molecule has 2 saturated carbocycles. The number of imidazole rings is 1. The number of rotatable bonds is 9. The van der Waals surface area contributed by atoms with Crippen molar-refractivity contribution in [1.82, 2.24) is 29.4 Å². The molecule has 0 unspecified atom stereocenters. The van der Waals surface area contributed by atoms with E-state index < -0.39 is 12.0 Å². The monoisotopic (exact) mass is 585 g/mol. The normalized spacial score (nSPS) is 25.1. The maximum absolute atomic E-state index is 13.9. The molecule has 4 aromatic rings. The molecule has 2 fully saturated rings. The Balaban J connectivity index is 1.04. The molecule has 3 heterocycles. The van der Waals surface area contributed by atoms with Crippen molar-refractivity contribution in [2.24, 2.45) is 11.8 Å². The van der Waals surface area contributed by atoms with Crippen molar-refractivity contribution in [2.75, 3.05) is 12.3 Å². The SMILES string of the molecule is CC(C)N(C[C@@H]1C[C@@H](O)[C@H](n2ccc3c(N)ncnc32)C1)C1CC(CCc2nc3cc(Cl)c(C(C)(F)F)cc3[nH]2)C1. The average molecular weight is 586 g/mol. The topological polar surface area (TPSA) is 109 Å². The molecule has 220 valence electrons. The fraction of sp³-hybridized carbons (Fsp3) is 0.567. The van der Waals surface area contributed by atoms with Crippen LogP contribution in [0.25, 0.3) is 22.1 Å². The molecule has 6 rings (SSSR count). The van der Waals surface area contributed by atoms with Gasteiger partial charge < -0.3 is 20.4 Å². The molecule has 0 spiro atoms. The molecular weight excluding hydrogens is 548 g/mol. The van der Waals surface area contributed by atoms with Gasteiger partial charge in [0.2, 0.25) is 0 Å². The molecule has 1 aromatic carbocycles. The van der Waals surface area contributed by atoms with Crippen LogP contribution < -0.4 is 5.73 Å². The van der Waals surface area contributed by atoms with Crippen molar-refractivity contribution in [3.05, 3.63) is 47.1 Å². The minimum absolute atomic E-state index is 0.0201. The van der Waals surface area contributed by atoms with E-state index in [4.69, 9.17) is 17.3 Å². The Kier molecular flexibility index (Phi) is 7.45. The average Bonchev–Trinajstić information content (AvgIpc) is 3.57. The zero-order valence-electron chi connectivity index (χ0n) is 23.7. The third-order valence-corrected chi connectivity index (χ3v) is 9.50. The van der Waals surface area contributed by atoms with E-state index in [0.29, 0.717) is 40.8 Å². The van der Waals surface area contributed by atoms with Crippen LogP contribution in [0.3, 0.4) is 0 Å². The van der Waals surface area contributed by atoms with Gasteiger partial charge in [0.25, 0.3) is 5.92 Å². The van der Waals surface area contributed by atoms with Gasteiger partial charge in [0.15, 0.2) is 0 Å². The number of benzene rings is 1. The molecule has 2 aliphatic rings. The molecule has 0 aliphatic heterocycles. The summed E-state index contributed by atoms with van der Waals surface area (Å²) in [4.78, 5) is 18.9. The van der Waals surface area contributed by atoms with E-state index in [1.54, 1.807) is 0 Å². The Hall–Kier alpha value is -2.82. The fourth-order valence-electron chi connectivity index (χ4n) is 6.97. The first-order valence-electron chi connectivity index (χ1n) is 14.5. The zero-order valence-corrected chi connectivity index (χ0v) is 24.5. The Morgan fingerprint density at radius 1 is 1.20 bits per heavy atom. The van der Waals surface area contributed by atoms with Gasteiger partial charge in [-0.1, -0.05) is 11.6 Å². The van der Waals surface area contributed by atoms with Crippen LogP contribution in [0.1, 0.15) is 70.3 Å². The summed E-state index contributed by atoms with van der Waals surface area (Å²) in [5.41, 5.74) is 7.84. The molecule has 0 amide bonds. The van der Waals surface area contributed by atoms with Crippen LogP contribution in [0, 0.1) is 11.8 Å². The first-order chi connectivity index (χ1) is 19.5. The van der Waals surface area contributed by atoms with Crippen molar-refractivity contribution in [3.63, 3.8) is 0 Å². The predicted molar refractivity (Wildman–Crippen MR) is 157 cm³/mol. The van der Waals surface area contributed by atoms with Gasteiger partial charge in [-0.15, -0.1) is 0 Å². The molecular formula is C30H38ClF2N7O. The summed E-state index contributed by atoms with van der Waals surface area (Å²) >= 11 is 6.10. The highest BCUT2D eigenvalue weighted by Gasteiger charge is 2.40. The summed E-state index contributed by atoms with van der Waals surface area (Å²) < 4.78 is 29.8. The van der Waals surface area contributed by atoms with E-state index in [2.05, 4.69) is 43.3 Å². The van der Waals surface area contributed by atoms with Crippen LogP contribution >= 0.6 is 11.6 Å². The second kappa shape index (κ2) is 10.8. The number of nitrogens with zero attached hydrogens (tertiary/aromatic N) is 5. The van der Waals surface area contributed by atoms with Gasteiger partial charge >= 0.3 is 0 Å². The van der Waals surface area contributed by atoms with Crippen LogP contribution in [0.2, 0.25) is 5.02 Å². The minimum Gasteiger partial charge on any atom is -0.391 e. The second-order valence-electron chi connectivity index (χ2n) is 12.4. The molecule has 11 heteroatoms. The summed E-state index contributed by atoms with van der Waals surface area (Å²) in [7, 11) is 0. The quantitative estimate of drug-likeness (QED) is 0.219. The maximum atomic E-state index is 13.9. The van der Waals surface area contributed by atoms with Gasteiger partial charge in [-0.05, 0) is 76.0 Å². The number of anilines is 1. The van der Waals surface area contributed by atoms with Crippen molar-refractivity contribution in [2.45, 2.75) is 89.4 Å². The Morgan fingerprint density at radius 2 is 1.98 bits per heavy atom. The lowest BCUT2D eigenvalue weighted by Gasteiger charge is -2.46. The van der Waals surface area contributed by atoms with Crippen LogP contribution in [-0.4, -0.2) is 59.2 Å². The van der Waals surface area contributed by atoms with Crippen molar-refractivity contribution in [3.8, 4) is 0 Å². The number of aromatic amines is 1. The number of hydrogen-bond acceptors (Lipinski definition) is 6. The van der Waals surface area contributed by atoms with E-state index in [0.717, 1.165) is 68.9 Å². The van der Waals surface area contributed by atoms with Gasteiger partial charge in [0.05, 0.1) is 33.6 Å². The van der Waals surface area contributed by atoms with Crippen molar-refractivity contribution < 1.29 is 13.9 Å². The molecule has 0 saturated heterocycles. The molecule has 4 N–H and O–H groups in total. The van der Waals surface area contributed by atoms with E-state index in [-0.39, 0.29) is 16.6 Å². The van der Waals surface area contributed by atoms with Crippen LogP contribution in [0.15, 0.2) is 30.7 Å². The number of aromatic nitrogens is 5. The number of fused-ring (bicyclic) bond motifs is 2. The fourth-order valence-corrected chi connectivity index (χ4v) is 7.29. The molecule has 2 aliphatic carbocycles. The highest BCUT2D eigenvalue weighted by atomic mass is 35.5. The van der Waals surface area contributed by atoms with Crippen LogP contribution in [0.4, 0.5) is 14.6 Å². The highest BCUT2D eigenvalue weighted by molar-refractivity contribution is 6.32. The summed E-state index contributed by atoms with van der Waals surface area (Å²) in [6, 6.07) is 5.80. The number of halogens is 3. The first-order valence-corrected chi connectivity index (χ1v) is 14.9. The summed E-state index contributed by atoms with van der Waals surface area (Å²) in [5.74, 6) is -0.726. The third kappa shape index (κ3) is 5.53. The highest BCUT2D eigenvalue weighted by Crippen LogP contribution is 2.41. The first kappa shape index (κ1) is 28.3. The summed E-state index contributed by atoms with van der Waals surface area (Å²) in [5, 5.41) is 11.9. The summed E-state index contributed by atoms with van der Waals surface area (Å²) in [6.45, 7) is 6.33. The third-order valence-electron chi connectivity index (χ3n) is 9.19. The maximum Gasteiger partial charge on any atom is 0.272 e. The van der Waals surface area contributed by atoms with Gasteiger partial charge in [0, 0.05) is 43.7 Å². The van der Waals surface area contributed by atoms with Crippen molar-refractivity contribution >= 4 is 39.5 Å². The Labute approximate surface area is 243 Å². The smallest absolute Gasteiger partial charge is 0.272 e. The lowest BCUT2D eigenvalue weighted by atomic mass is 9.76. The molecule has 0 radical (unpaired) electrons. The lowest BCUT2D eigenvalue weighted by molar-refractivity contribution is 0.0177. The molecule has 3 aromatic heterocycles. The predicted octanol–water partition coefficient (Wildman–Crippen LogP) is 6.09. The summed E-state index contributed by atoms with van der Waals surface area (Å²) in [6.07, 6.45) is 8.74. The molecule has 8 nitrogen and oxygen atoms in total. The molecule has 41 heavy (non-hydrogen) atoms. The van der Waals surface area contributed by atoms with E-state index >= 15 is 0 Å². The van der Waals surface area contributed by atoms with Gasteiger partial charge in [-0.2, -0.15) is 0 Å². The van der Waals surface area contributed by atoms with Crippen molar-refractivity contribution in [1.29, 1.82) is 0 Å². The number of hydrogen-bond donors (Lipinski definition) is 3. The van der Waals surface area contributed by atoms with Gasteiger partial charge in [0.1, 0.15) is 23.6 Å². The number of H-pyrrole nitrogens is 1. The molecule has 0 bridgehead atoms. The van der Waals surface area contributed by atoms with Gasteiger partial charge in [-0.25, -0.2) is 23.7 Å². The minimum atomic E-state index is -3.00. The Morgan fingerprint density at radius 3 is 2.71 bits per heavy atom. The zero-order chi connectivity index (χ0) is 29.1. The number of nitrogen functional groups attached to an aromatic ring is 1. The lowest BCUT2D eigenvalue weighted by Crippen LogP contribution is -2.49.